The lowest BCUT2D eigenvalue weighted by Crippen LogP contribution is -2.16. The maximum atomic E-state index is 5.27. The van der Waals surface area contributed by atoms with E-state index < -0.39 is 0 Å². The predicted octanol–water partition coefficient (Wildman–Crippen LogP) is 16.2. The molecule has 1 aliphatic rings. The van der Waals surface area contributed by atoms with Crippen LogP contribution >= 0.6 is 0 Å². The van der Waals surface area contributed by atoms with Gasteiger partial charge in [-0.15, -0.1) is 0 Å². The summed E-state index contributed by atoms with van der Waals surface area (Å²) in [6.45, 7) is 4.79. The second-order valence-corrected chi connectivity index (χ2v) is 17.3. The van der Waals surface area contributed by atoms with Crippen molar-refractivity contribution in [3.8, 4) is 78.4 Å². The fraction of sp³-hybridized carbons (Fsp3) is 0.0492. The van der Waals surface area contributed by atoms with Crippen LogP contribution in [0.4, 0.5) is 0 Å². The molecule has 2 heteroatoms. The quantitative estimate of drug-likeness (QED) is 0.167. The lowest BCUT2D eigenvalue weighted by molar-refractivity contribution is 0.663. The van der Waals surface area contributed by atoms with E-state index in [1.165, 1.54) is 82.6 Å². The van der Waals surface area contributed by atoms with Gasteiger partial charge in [0.2, 0.25) is 0 Å². The van der Waals surface area contributed by atoms with Crippen LogP contribution in [0.5, 0.6) is 0 Å². The summed E-state index contributed by atoms with van der Waals surface area (Å²) in [4.78, 5) is 10.4. The molecule has 0 aliphatic heterocycles. The smallest absolute Gasteiger partial charge is 0.160 e. The van der Waals surface area contributed by atoms with Crippen molar-refractivity contribution in [1.82, 2.24) is 9.97 Å². The summed E-state index contributed by atoms with van der Waals surface area (Å²) >= 11 is 0. The molecule has 0 bridgehead atoms. The summed E-state index contributed by atoms with van der Waals surface area (Å²) in [7, 11) is 0. The Morgan fingerprint density at radius 1 is 0.302 bits per heavy atom. The van der Waals surface area contributed by atoms with Crippen molar-refractivity contribution >= 4 is 32.3 Å². The molecule has 0 radical (unpaired) electrons. The van der Waals surface area contributed by atoms with Crippen LogP contribution in [0.25, 0.3) is 111 Å². The molecule has 2 nitrogen and oxygen atoms in total. The molecule has 0 unspecified atom stereocenters. The second kappa shape index (κ2) is 14.6. The maximum absolute atomic E-state index is 5.27. The Hall–Kier alpha value is -7.94. The first-order valence-electron chi connectivity index (χ1n) is 21.8. The fourth-order valence-electron chi connectivity index (χ4n) is 10.2. The first-order chi connectivity index (χ1) is 31.0. The number of rotatable bonds is 6. The van der Waals surface area contributed by atoms with Crippen molar-refractivity contribution < 1.29 is 0 Å². The van der Waals surface area contributed by atoms with Gasteiger partial charge in [-0.2, -0.15) is 0 Å². The summed E-state index contributed by atoms with van der Waals surface area (Å²) < 4.78 is 0. The Morgan fingerprint density at radius 3 is 1.37 bits per heavy atom. The zero-order valence-corrected chi connectivity index (χ0v) is 35.2. The molecule has 0 N–H and O–H groups in total. The van der Waals surface area contributed by atoms with Crippen molar-refractivity contribution in [2.75, 3.05) is 0 Å². The van der Waals surface area contributed by atoms with E-state index in [1.807, 2.05) is 18.2 Å². The van der Waals surface area contributed by atoms with Crippen LogP contribution in [0.15, 0.2) is 218 Å². The zero-order valence-electron chi connectivity index (χ0n) is 35.2. The van der Waals surface area contributed by atoms with Crippen LogP contribution < -0.4 is 0 Å². The third-order valence-corrected chi connectivity index (χ3v) is 13.3. The van der Waals surface area contributed by atoms with Gasteiger partial charge in [-0.1, -0.05) is 214 Å². The summed E-state index contributed by atoms with van der Waals surface area (Å²) in [5.41, 5.74) is 17.5. The topological polar surface area (TPSA) is 25.8 Å². The molecule has 1 aromatic heterocycles. The largest absolute Gasteiger partial charge is 0.228 e. The van der Waals surface area contributed by atoms with Gasteiger partial charge in [0.25, 0.3) is 0 Å². The zero-order chi connectivity index (χ0) is 42.1. The molecule has 0 fully saturated rings. The van der Waals surface area contributed by atoms with Gasteiger partial charge in [-0.3, -0.25) is 0 Å². The van der Waals surface area contributed by atoms with Crippen molar-refractivity contribution in [1.29, 1.82) is 0 Å². The first kappa shape index (κ1) is 36.9. The van der Waals surface area contributed by atoms with Gasteiger partial charge in [0, 0.05) is 22.1 Å². The molecular weight excluding hydrogens is 761 g/mol. The minimum Gasteiger partial charge on any atom is -0.228 e. The van der Waals surface area contributed by atoms with Gasteiger partial charge in [0.05, 0.1) is 11.4 Å². The van der Waals surface area contributed by atoms with Gasteiger partial charge in [-0.05, 0) is 106 Å². The minimum absolute atomic E-state index is 0.163. The number of hydrogen-bond acceptors (Lipinski definition) is 2. The highest BCUT2D eigenvalue weighted by atomic mass is 14.9. The van der Waals surface area contributed by atoms with Crippen LogP contribution in [-0.2, 0) is 5.41 Å². The lowest BCUT2D eigenvalue weighted by Gasteiger charge is -2.25. The van der Waals surface area contributed by atoms with Crippen molar-refractivity contribution in [3.63, 3.8) is 0 Å². The summed E-state index contributed by atoms with van der Waals surface area (Å²) in [6.07, 6.45) is 0. The van der Waals surface area contributed by atoms with Gasteiger partial charge in [-0.25, -0.2) is 9.97 Å². The summed E-state index contributed by atoms with van der Waals surface area (Å²) in [5, 5.41) is 7.39. The molecule has 63 heavy (non-hydrogen) atoms. The van der Waals surface area contributed by atoms with Gasteiger partial charge in [0.1, 0.15) is 0 Å². The fourth-order valence-corrected chi connectivity index (χ4v) is 10.2. The Kier molecular flexibility index (Phi) is 8.55. The molecule has 11 aromatic rings. The van der Waals surface area contributed by atoms with E-state index in [9.17, 15) is 0 Å². The third kappa shape index (κ3) is 6.09. The Morgan fingerprint density at radius 2 is 0.746 bits per heavy atom. The lowest BCUT2D eigenvalue weighted by atomic mass is 9.77. The first-order valence-corrected chi connectivity index (χ1v) is 21.8. The second-order valence-electron chi connectivity index (χ2n) is 17.3. The monoisotopic (exact) mass is 802 g/mol. The molecule has 0 spiro atoms. The molecule has 0 saturated heterocycles. The number of nitrogens with zero attached hydrogens (tertiary/aromatic N) is 2. The van der Waals surface area contributed by atoms with E-state index in [0.29, 0.717) is 5.82 Å². The van der Waals surface area contributed by atoms with Crippen molar-refractivity contribution in [2.24, 2.45) is 0 Å². The molecule has 10 aromatic carbocycles. The van der Waals surface area contributed by atoms with Gasteiger partial charge >= 0.3 is 0 Å². The highest BCUT2D eigenvalue weighted by Crippen LogP contribution is 2.54. The number of benzene rings is 10. The van der Waals surface area contributed by atoms with Crippen molar-refractivity contribution in [3.05, 3.63) is 230 Å². The van der Waals surface area contributed by atoms with Gasteiger partial charge < -0.3 is 0 Å². The Balaban J connectivity index is 0.992. The van der Waals surface area contributed by atoms with Gasteiger partial charge in [0.15, 0.2) is 5.82 Å². The predicted molar refractivity (Wildman–Crippen MR) is 265 cm³/mol. The number of hydrogen-bond donors (Lipinski definition) is 0. The van der Waals surface area contributed by atoms with E-state index in [2.05, 4.69) is 214 Å². The summed E-state index contributed by atoms with van der Waals surface area (Å²) in [5.74, 6) is 0.705. The highest BCUT2D eigenvalue weighted by molar-refractivity contribution is 6.13. The molecule has 1 heterocycles. The van der Waals surface area contributed by atoms with Crippen LogP contribution in [0.1, 0.15) is 25.0 Å². The van der Waals surface area contributed by atoms with E-state index in [4.69, 9.17) is 9.97 Å². The number of fused-ring (bicyclic) bond motifs is 6. The minimum atomic E-state index is -0.163. The van der Waals surface area contributed by atoms with E-state index in [0.717, 1.165) is 33.5 Å². The SMILES string of the molecule is CC1(C)c2cc3ccccc3cc2-c2cccc(-c3ccc(-c4ccc(-c5cc(-c6ccc(-c7ccccc7)cc6)nc(-c6ccccc6)n5)c5ccccc45)c4ccccc34)c21. The summed E-state index contributed by atoms with van der Waals surface area (Å²) in [6, 6.07) is 79.1. The molecule has 12 rings (SSSR count). The van der Waals surface area contributed by atoms with Crippen LogP contribution in [-0.4, -0.2) is 9.97 Å². The third-order valence-electron chi connectivity index (χ3n) is 13.3. The standard InChI is InChI=1S/C61H42N2/c1-61(2)56-37-44-21-10-9-20-43(44)36-55(56)54-27-15-26-53(59(54)61)51-33-32-49(45-22-11-12-23-46(45)51)50-34-35-52(48-25-14-13-24-47(48)50)58-38-57(62-60(63-58)42-18-7-4-8-19-42)41-30-28-40(29-31-41)39-16-5-3-6-17-39/h3-38H,1-2H3. The van der Waals surface area contributed by atoms with Crippen molar-refractivity contribution in [2.45, 2.75) is 19.3 Å². The average Bonchev–Trinajstić information content (AvgIpc) is 3.57. The normalized spacial score (nSPS) is 12.7. The molecule has 296 valence electrons. The molecule has 0 atom stereocenters. The highest BCUT2D eigenvalue weighted by Gasteiger charge is 2.38. The molecule has 0 amide bonds. The van der Waals surface area contributed by atoms with E-state index in [1.54, 1.807) is 0 Å². The van der Waals surface area contributed by atoms with Crippen LogP contribution in [0.3, 0.4) is 0 Å². The average molecular weight is 803 g/mol. The van der Waals surface area contributed by atoms with E-state index in [-0.39, 0.29) is 5.41 Å². The van der Waals surface area contributed by atoms with Crippen LogP contribution in [0, 0.1) is 0 Å². The maximum Gasteiger partial charge on any atom is 0.160 e. The molecule has 0 saturated carbocycles. The van der Waals surface area contributed by atoms with E-state index >= 15 is 0 Å². The van der Waals surface area contributed by atoms with Crippen LogP contribution in [0.2, 0.25) is 0 Å². The Bertz CT molecular complexity index is 3570. The molecule has 1 aliphatic carbocycles. The number of aromatic nitrogens is 2. The molecular formula is C61H42N2. The Labute approximate surface area is 367 Å².